The smallest absolute Gasteiger partial charge is 0.296 e. The highest BCUT2D eigenvalue weighted by atomic mass is 15.2. The van der Waals surface area contributed by atoms with E-state index in [1.54, 1.807) is 0 Å². The van der Waals surface area contributed by atoms with Crippen LogP contribution in [0, 0.1) is 20.8 Å². The molecular weight excluding hydrogens is 1360 g/mol. The third-order valence-electron chi connectivity index (χ3n) is 23.6. The number of benzene rings is 10. The highest BCUT2D eigenvalue weighted by Crippen LogP contribution is 2.47. The summed E-state index contributed by atoms with van der Waals surface area (Å²) in [4.78, 5) is 15.4. The molecule has 0 spiro atoms. The summed E-state index contributed by atoms with van der Waals surface area (Å²) in [5.74, 6) is 6.52. The number of nitrogens with zero attached hydrogens (tertiary/aromatic N) is 12. The van der Waals surface area contributed by atoms with Crippen LogP contribution >= 0.6 is 0 Å². The molecule has 3 aliphatic rings. The van der Waals surface area contributed by atoms with Crippen molar-refractivity contribution in [1.29, 1.82) is 0 Å². The molecule has 0 bridgehead atoms. The fraction of sp³-hybridized carbons (Fsp3) is 0.273. The lowest BCUT2D eigenvalue weighted by Crippen LogP contribution is -2.30. The second-order valence-electron chi connectivity index (χ2n) is 32.5. The molecule has 9 heterocycles. The normalized spacial score (nSPS) is 13.5. The van der Waals surface area contributed by atoms with E-state index in [0.717, 1.165) is 92.4 Å². The van der Waals surface area contributed by atoms with Crippen molar-refractivity contribution in [2.75, 3.05) is 0 Å². The van der Waals surface area contributed by atoms with Gasteiger partial charge in [-0.25, -0.2) is 28.7 Å². The molecule has 12 heteroatoms. The van der Waals surface area contributed by atoms with E-state index in [-0.39, 0.29) is 0 Å². The highest BCUT2D eigenvalue weighted by molar-refractivity contribution is 6.16. The van der Waals surface area contributed by atoms with Crippen molar-refractivity contribution in [2.45, 2.75) is 159 Å². The predicted octanol–water partition coefficient (Wildman–Crippen LogP) is 22.8. The Bertz CT molecular complexity index is 6540. The molecule has 111 heavy (non-hydrogen) atoms. The summed E-state index contributed by atoms with van der Waals surface area (Å²) in [7, 11) is 6.41. The van der Waals surface area contributed by atoms with Crippen LogP contribution in [-0.4, -0.2) is 42.4 Å². The van der Waals surface area contributed by atoms with Gasteiger partial charge >= 0.3 is 0 Å². The van der Waals surface area contributed by atoms with Gasteiger partial charge in [-0.2, -0.15) is 13.7 Å². The van der Waals surface area contributed by atoms with E-state index < -0.39 is 11.8 Å². The molecule has 0 amide bonds. The van der Waals surface area contributed by atoms with Gasteiger partial charge < -0.3 is 13.7 Å². The molecule has 6 aromatic heterocycles. The van der Waals surface area contributed by atoms with E-state index in [0.29, 0.717) is 23.7 Å². The Balaban J connectivity index is 0.000000123. The van der Waals surface area contributed by atoms with Crippen molar-refractivity contribution in [3.63, 3.8) is 0 Å². The van der Waals surface area contributed by atoms with Crippen molar-refractivity contribution in [3.05, 3.63) is 275 Å². The molecule has 0 N–H and O–H groups in total. The molecule has 19 rings (SSSR count). The summed E-state index contributed by atoms with van der Waals surface area (Å²) >= 11 is 0. The van der Waals surface area contributed by atoms with Crippen molar-refractivity contribution >= 4 is 84.0 Å². The quantitative estimate of drug-likeness (QED) is 0.108. The largest absolute Gasteiger partial charge is 0.302 e. The molecule has 556 valence electrons. The number of aromatic nitrogens is 12. The summed E-state index contributed by atoms with van der Waals surface area (Å²) in [6.45, 7) is 32.8. The molecule has 0 fully saturated rings. The molecule has 0 unspecified atom stereocenters. The van der Waals surface area contributed by atoms with Gasteiger partial charge in [-0.3, -0.25) is 0 Å². The summed E-state index contributed by atoms with van der Waals surface area (Å²) in [5.41, 5.74) is 27.4. The van der Waals surface area contributed by atoms with Crippen LogP contribution in [0.3, 0.4) is 0 Å². The maximum atomic E-state index is 9.00. The Labute approximate surface area is 655 Å². The minimum absolute atomic E-state index is 0.353. The zero-order valence-corrected chi connectivity index (χ0v) is 67.7. The Hall–Kier alpha value is -11.8. The first kappa shape index (κ1) is 69.7. The molecule has 0 aliphatic carbocycles. The van der Waals surface area contributed by atoms with Gasteiger partial charge in [0, 0.05) is 90.1 Å². The molecule has 0 saturated heterocycles. The van der Waals surface area contributed by atoms with Gasteiger partial charge in [0.1, 0.15) is 71.7 Å². The van der Waals surface area contributed by atoms with Crippen molar-refractivity contribution in [3.8, 4) is 62.4 Å². The van der Waals surface area contributed by atoms with E-state index in [4.69, 9.17) is 17.7 Å². The molecule has 3 aliphatic heterocycles. The minimum Gasteiger partial charge on any atom is -0.302 e. The maximum Gasteiger partial charge on any atom is 0.296 e. The third kappa shape index (κ3) is 11.8. The SMILES string of the molecule is Cc1c(-c2n(-c3c(C(C)C)cc(-c4ccccc4)cc3C(C)C)cc[n+]2C)c2c(nc3n2C=CC3)c2ccccc12.Cc1c(-c2n(-c3c(C(C)C)cccc3C(C)C)cc[n+]2C)c2c(nc3n2C=CC3)c2ccccc12.[2H]C(C)(C)c1cccc(C([2H])(C)C)c1-n1cc[n+](C)c1-c1c(C)c2ccccc2c2nc3n(c12)C=CC3. The number of hydrogen-bond acceptors (Lipinski definition) is 3. The third-order valence-corrected chi connectivity index (χ3v) is 23.6. The standard InChI is InChI=1S/C37H37N4.2C31H33N4/c1-23(2)30-21-27(26-13-8-7-9-14-26)22-31(24(3)4)35(30)41-20-19-39(6)37(41)33-25(5)28-15-10-11-16-29(28)34-36(33)40-18-12-17-32(40)38-34;2*1-19(2)22-13-9-14-23(20(3)4)29(22)35-18-17-33(6)31(35)27-21(5)24-11-7-8-12-25(24)28-30(27)34-16-10-15-26(34)32-28/h7-16,18-24H,17H2,1-6H3;2*7-14,16-20H,15H2,1-6H3/q3*+1/i;19D,20D;. The van der Waals surface area contributed by atoms with Gasteiger partial charge in [0.2, 0.25) is 0 Å². The van der Waals surface area contributed by atoms with E-state index >= 15 is 0 Å². The van der Waals surface area contributed by atoms with Crippen molar-refractivity contribution in [1.82, 2.24) is 42.4 Å². The zero-order chi connectivity index (χ0) is 79.1. The Morgan fingerprint density at radius 1 is 0.333 bits per heavy atom. The number of hydrogen-bond donors (Lipinski definition) is 0. The zero-order valence-electron chi connectivity index (χ0n) is 69.7. The summed E-state index contributed by atoms with van der Waals surface area (Å²) in [5, 5.41) is 7.33. The summed E-state index contributed by atoms with van der Waals surface area (Å²) < 4.78 is 38.6. The lowest BCUT2D eigenvalue weighted by molar-refractivity contribution is -0.659. The van der Waals surface area contributed by atoms with Gasteiger partial charge in [0.25, 0.3) is 17.5 Å². The van der Waals surface area contributed by atoms with E-state index in [9.17, 15) is 0 Å². The van der Waals surface area contributed by atoms with Crippen LogP contribution < -0.4 is 13.7 Å². The average Bonchev–Trinajstić information content (AvgIpc) is 1.57. The second-order valence-corrected chi connectivity index (χ2v) is 32.5. The Morgan fingerprint density at radius 2 is 0.622 bits per heavy atom. The predicted molar refractivity (Wildman–Crippen MR) is 461 cm³/mol. The van der Waals surface area contributed by atoms with Gasteiger partial charge in [-0.05, 0) is 112 Å². The molecule has 0 radical (unpaired) electrons. The first-order valence-electron chi connectivity index (χ1n) is 40.7. The van der Waals surface area contributed by atoms with E-state index in [2.05, 4.69) is 346 Å². The Morgan fingerprint density at radius 3 is 0.937 bits per heavy atom. The molecule has 12 nitrogen and oxygen atoms in total. The van der Waals surface area contributed by atoms with E-state index in [1.165, 1.54) is 122 Å². The van der Waals surface area contributed by atoms with Crippen molar-refractivity contribution < 1.29 is 16.4 Å². The first-order valence-corrected chi connectivity index (χ1v) is 39.7. The lowest BCUT2D eigenvalue weighted by atomic mass is 9.88. The van der Waals surface area contributed by atoms with Crippen LogP contribution in [0.5, 0.6) is 0 Å². The molecular formula is C99H103N12+3. The number of rotatable bonds is 13. The minimum atomic E-state index is -0.842. The average molecular weight is 1460 g/mol. The highest BCUT2D eigenvalue weighted by Gasteiger charge is 2.37. The van der Waals surface area contributed by atoms with Crippen LogP contribution in [0.25, 0.3) is 146 Å². The van der Waals surface area contributed by atoms with Crippen LogP contribution in [0.4, 0.5) is 0 Å². The Kier molecular flexibility index (Phi) is 17.8. The van der Waals surface area contributed by atoms with Gasteiger partial charge in [-0.1, -0.05) is 241 Å². The second kappa shape index (κ2) is 28.3. The van der Waals surface area contributed by atoms with Crippen LogP contribution in [-0.2, 0) is 40.4 Å². The van der Waals surface area contributed by atoms with Crippen LogP contribution in [0.15, 0.2) is 207 Å². The van der Waals surface area contributed by atoms with Gasteiger partial charge in [0.15, 0.2) is 0 Å². The number of aryl methyl sites for hydroxylation is 6. The lowest BCUT2D eigenvalue weighted by Gasteiger charge is -2.21. The number of para-hydroxylation sites is 2. The fourth-order valence-corrected chi connectivity index (χ4v) is 18.1. The molecule has 10 aromatic carbocycles. The van der Waals surface area contributed by atoms with Crippen LogP contribution in [0.1, 0.15) is 189 Å². The number of allylic oxidation sites excluding steroid dienone is 3. The molecule has 0 atom stereocenters. The molecule has 16 aromatic rings. The molecule has 0 saturated carbocycles. The summed E-state index contributed by atoms with van der Waals surface area (Å²) in [6, 6.07) is 54.4. The number of imidazole rings is 6. The van der Waals surface area contributed by atoms with Gasteiger partial charge in [-0.15, -0.1) is 0 Å². The van der Waals surface area contributed by atoms with Crippen LogP contribution in [0.2, 0.25) is 0 Å². The maximum absolute atomic E-state index is 9.00. The first-order chi connectivity index (χ1) is 54.2. The monoisotopic (exact) mass is 1460 g/mol. The number of fused-ring (bicyclic) bond motifs is 15. The fourth-order valence-electron chi connectivity index (χ4n) is 18.1. The van der Waals surface area contributed by atoms with Crippen molar-refractivity contribution in [2.24, 2.45) is 21.1 Å². The van der Waals surface area contributed by atoms with Gasteiger partial charge in [0.05, 0.1) is 70.9 Å². The summed E-state index contributed by atoms with van der Waals surface area (Å²) in [6.07, 6.45) is 28.7. The van der Waals surface area contributed by atoms with E-state index in [1.807, 2.05) is 45.9 Å². The topological polar surface area (TPSA) is 79.9 Å².